The van der Waals surface area contributed by atoms with Gasteiger partial charge in [-0.15, -0.1) is 6.58 Å². The van der Waals surface area contributed by atoms with Crippen LogP contribution >= 0.6 is 0 Å². The number of carboxylic acid groups (broad SMARTS) is 1. The number of carbonyl (C=O) groups excluding carboxylic acids is 5. The highest BCUT2D eigenvalue weighted by molar-refractivity contribution is 7.90. The maximum absolute atomic E-state index is 13.6. The molecular formula is C37H59N5O11S. The predicted octanol–water partition coefficient (Wildman–Crippen LogP) is 4.96. The van der Waals surface area contributed by atoms with E-state index in [4.69, 9.17) is 14.6 Å². The molecule has 1 aromatic carbocycles. The first kappa shape index (κ1) is 47.4. The Labute approximate surface area is 319 Å². The number of carbonyl (C=O) groups is 6. The van der Waals surface area contributed by atoms with E-state index in [9.17, 15) is 37.2 Å². The molecule has 16 nitrogen and oxygen atoms in total. The van der Waals surface area contributed by atoms with Crippen LogP contribution in [-0.4, -0.2) is 96.4 Å². The van der Waals surface area contributed by atoms with Gasteiger partial charge >= 0.3 is 18.2 Å². The van der Waals surface area contributed by atoms with Crippen LogP contribution in [0, 0.1) is 5.41 Å². The Bertz CT molecular complexity index is 1580. The molecule has 0 radical (unpaired) electrons. The summed E-state index contributed by atoms with van der Waals surface area (Å²) >= 11 is 0. The van der Waals surface area contributed by atoms with Gasteiger partial charge in [0.05, 0.1) is 17.4 Å². The number of rotatable bonds is 13. The van der Waals surface area contributed by atoms with Crippen molar-refractivity contribution in [2.75, 3.05) is 18.5 Å². The Morgan fingerprint density at radius 1 is 1.02 bits per heavy atom. The molecule has 1 aliphatic carbocycles. The lowest BCUT2D eigenvalue weighted by atomic mass is 9.85. The van der Waals surface area contributed by atoms with E-state index in [-0.39, 0.29) is 13.0 Å². The largest absolute Gasteiger partial charge is 0.465 e. The number of hydrogen-bond acceptors (Lipinski definition) is 10. The summed E-state index contributed by atoms with van der Waals surface area (Å²) in [4.78, 5) is 75.1. The molecule has 5 N–H and O–H groups in total. The second kappa shape index (κ2) is 21.3. The van der Waals surface area contributed by atoms with Gasteiger partial charge in [-0.05, 0) is 89.8 Å². The third-order valence-electron chi connectivity index (χ3n) is 7.74. The van der Waals surface area contributed by atoms with Crippen molar-refractivity contribution in [1.82, 2.24) is 20.3 Å². The highest BCUT2D eigenvalue weighted by atomic mass is 32.2. The second-order valence-corrected chi connectivity index (χ2v) is 16.5. The van der Waals surface area contributed by atoms with Crippen LogP contribution in [0.1, 0.15) is 111 Å². The standard InChI is InChI=1S/C25H42N4O7S.C10H11NO4.C2H6/c1-8-9-11-17(20(30)28-37(34,35)16-13-14-16)26-21(31)18-12-10-15-29(18)22(32)19(24(2,3)4)27-23(33)36-25(5,6)7;1-2-15-9(12)7-4-3-5-8(6-7)11-10(13)14;1-2/h8,16-19H,1,9-15H2,2-7H3,(H,26,31)(H,27,33)(H,28,30);3-6,11H,2H2,1H3,(H,13,14);1-2H3/t17?,18-,19?;;/m0../s1. The Morgan fingerprint density at radius 3 is 2.17 bits per heavy atom. The molecule has 304 valence electrons. The van der Waals surface area contributed by atoms with Gasteiger partial charge in [-0.3, -0.25) is 24.4 Å². The number of allylic oxidation sites excluding steroid dienone is 1. The molecule has 3 atom stereocenters. The number of sulfonamides is 1. The molecule has 1 aromatic rings. The van der Waals surface area contributed by atoms with Crippen LogP contribution in [-0.2, 0) is 33.9 Å². The molecule has 2 fully saturated rings. The molecule has 0 spiro atoms. The number of nitrogens with zero attached hydrogens (tertiary/aromatic N) is 1. The van der Waals surface area contributed by atoms with Crippen molar-refractivity contribution in [2.45, 2.75) is 130 Å². The Balaban J connectivity index is 0.000000713. The minimum Gasteiger partial charge on any atom is -0.465 e. The van der Waals surface area contributed by atoms with Crippen molar-refractivity contribution in [1.29, 1.82) is 0 Å². The zero-order valence-corrected chi connectivity index (χ0v) is 33.8. The van der Waals surface area contributed by atoms with Gasteiger partial charge < -0.3 is 30.1 Å². The molecule has 3 rings (SSSR count). The van der Waals surface area contributed by atoms with Crippen molar-refractivity contribution in [2.24, 2.45) is 5.41 Å². The number of anilines is 1. The summed E-state index contributed by atoms with van der Waals surface area (Å²) in [5, 5.41) is 15.3. The van der Waals surface area contributed by atoms with Crippen molar-refractivity contribution < 1.29 is 51.8 Å². The molecule has 17 heteroatoms. The van der Waals surface area contributed by atoms with Gasteiger partial charge in [-0.25, -0.2) is 22.8 Å². The fourth-order valence-corrected chi connectivity index (χ4v) is 6.45. The fraction of sp³-hybridized carbons (Fsp3) is 0.622. The number of ether oxygens (including phenoxy) is 2. The van der Waals surface area contributed by atoms with Crippen molar-refractivity contribution in [3.63, 3.8) is 0 Å². The predicted molar refractivity (Wildman–Crippen MR) is 204 cm³/mol. The van der Waals surface area contributed by atoms with Gasteiger partial charge in [0, 0.05) is 12.2 Å². The molecular weight excluding hydrogens is 722 g/mol. The molecule has 5 amide bonds. The normalized spacial score (nSPS) is 16.4. The first-order chi connectivity index (χ1) is 25.1. The van der Waals surface area contributed by atoms with Gasteiger partial charge in [0.1, 0.15) is 23.7 Å². The Morgan fingerprint density at radius 2 is 1.65 bits per heavy atom. The Hall–Kier alpha value is -4.67. The lowest BCUT2D eigenvalue weighted by molar-refractivity contribution is -0.142. The van der Waals surface area contributed by atoms with E-state index in [1.807, 2.05) is 13.8 Å². The van der Waals surface area contributed by atoms with Crippen LogP contribution in [0.25, 0.3) is 0 Å². The quantitative estimate of drug-likeness (QED) is 0.133. The van der Waals surface area contributed by atoms with E-state index in [2.05, 4.69) is 27.3 Å². The fourth-order valence-electron chi connectivity index (χ4n) is 5.10. The van der Waals surface area contributed by atoms with Gasteiger partial charge in [0.2, 0.25) is 21.8 Å². The first-order valence-corrected chi connectivity index (χ1v) is 19.7. The lowest BCUT2D eigenvalue weighted by Crippen LogP contribution is -2.59. The van der Waals surface area contributed by atoms with E-state index in [1.165, 1.54) is 11.0 Å². The average Bonchev–Trinajstić information content (AvgIpc) is 3.82. The minimum absolute atomic E-state index is 0.159. The maximum atomic E-state index is 13.6. The number of nitrogens with one attached hydrogen (secondary N) is 4. The topological polar surface area (TPSA) is 227 Å². The smallest absolute Gasteiger partial charge is 0.409 e. The van der Waals surface area contributed by atoms with Gasteiger partial charge in [0.25, 0.3) is 5.91 Å². The van der Waals surface area contributed by atoms with Crippen molar-refractivity contribution in [3.8, 4) is 0 Å². The molecule has 1 aliphatic heterocycles. The van der Waals surface area contributed by atoms with Crippen LogP contribution in [0.15, 0.2) is 36.9 Å². The monoisotopic (exact) mass is 781 g/mol. The summed E-state index contributed by atoms with van der Waals surface area (Å²) in [7, 11) is -3.78. The average molecular weight is 782 g/mol. The summed E-state index contributed by atoms with van der Waals surface area (Å²) in [6.45, 7) is 20.5. The van der Waals surface area contributed by atoms with Crippen LogP contribution < -0.4 is 20.7 Å². The minimum atomic E-state index is -3.78. The molecule has 54 heavy (non-hydrogen) atoms. The number of hydrogen-bond donors (Lipinski definition) is 5. The van der Waals surface area contributed by atoms with Crippen molar-refractivity contribution >= 4 is 51.6 Å². The van der Waals surface area contributed by atoms with Gasteiger partial charge in [-0.1, -0.05) is 46.8 Å². The molecule has 1 heterocycles. The molecule has 0 bridgehead atoms. The molecule has 2 unspecified atom stereocenters. The SMILES string of the molecule is C=CCCC(NC(=O)[C@@H]1CCCN1C(=O)C(NC(=O)OC(C)(C)C)C(C)(C)C)C(=O)NS(=O)(=O)C1CC1.CC.CCOC(=O)c1cccc(NC(=O)O)c1. The molecule has 1 saturated carbocycles. The summed E-state index contributed by atoms with van der Waals surface area (Å²) in [5.41, 5.74) is -0.767. The van der Waals surface area contributed by atoms with Crippen LogP contribution in [0.4, 0.5) is 15.3 Å². The number of amides is 5. The summed E-state index contributed by atoms with van der Waals surface area (Å²) in [6.07, 6.45) is 2.13. The molecule has 1 saturated heterocycles. The maximum Gasteiger partial charge on any atom is 0.409 e. The third-order valence-corrected chi connectivity index (χ3v) is 9.57. The van der Waals surface area contributed by atoms with E-state index in [1.54, 1.807) is 72.7 Å². The van der Waals surface area contributed by atoms with Gasteiger partial charge in [-0.2, -0.15) is 0 Å². The third kappa shape index (κ3) is 16.1. The van der Waals surface area contributed by atoms with E-state index < -0.39 is 80.3 Å². The van der Waals surface area contributed by atoms with Crippen LogP contribution in [0.5, 0.6) is 0 Å². The zero-order chi connectivity index (χ0) is 41.4. The van der Waals surface area contributed by atoms with E-state index >= 15 is 0 Å². The summed E-state index contributed by atoms with van der Waals surface area (Å²) in [5.74, 6) is -2.26. The molecule has 0 aromatic heterocycles. The lowest BCUT2D eigenvalue weighted by Gasteiger charge is -2.36. The summed E-state index contributed by atoms with van der Waals surface area (Å²) in [6, 6.07) is 3.19. The number of benzene rings is 1. The second-order valence-electron chi connectivity index (χ2n) is 14.5. The summed E-state index contributed by atoms with van der Waals surface area (Å²) < 4.78 is 36.7. The van der Waals surface area contributed by atoms with Crippen LogP contribution in [0.3, 0.4) is 0 Å². The van der Waals surface area contributed by atoms with Crippen LogP contribution in [0.2, 0.25) is 0 Å². The van der Waals surface area contributed by atoms with Crippen molar-refractivity contribution in [3.05, 3.63) is 42.5 Å². The number of esters is 1. The highest BCUT2D eigenvalue weighted by Crippen LogP contribution is 2.28. The van der Waals surface area contributed by atoms with E-state index in [0.717, 1.165) is 0 Å². The highest BCUT2D eigenvalue weighted by Gasteiger charge is 2.43. The van der Waals surface area contributed by atoms with Gasteiger partial charge in [0.15, 0.2) is 0 Å². The Kier molecular flexibility index (Phi) is 18.7. The zero-order valence-electron chi connectivity index (χ0n) is 32.9. The molecule has 2 aliphatic rings. The van der Waals surface area contributed by atoms with E-state index in [0.29, 0.717) is 49.9 Å². The number of likely N-dealkylation sites (tertiary alicyclic amines) is 1. The first-order valence-electron chi connectivity index (χ1n) is 18.1. The number of alkyl carbamates (subject to hydrolysis) is 1.